The van der Waals surface area contributed by atoms with Crippen molar-refractivity contribution >= 4 is 11.3 Å². The molecule has 3 rings (SSSR count). The van der Waals surface area contributed by atoms with Crippen LogP contribution in [0.15, 0.2) is 22.7 Å². The third-order valence-electron chi connectivity index (χ3n) is 4.10. The largest absolute Gasteiger partial charge is 0.459 e. The molecule has 0 amide bonds. The number of hydrogen-bond acceptors (Lipinski definition) is 5. The molecular weight excluding hydrogens is 284 g/mol. The number of nitrogens with zero attached hydrogens (tertiary/aromatic N) is 1. The topological polar surface area (TPSA) is 58.3 Å². The predicted octanol–water partition coefficient (Wildman–Crippen LogP) is 3.35. The summed E-state index contributed by atoms with van der Waals surface area (Å²) in [7, 11) is 0. The van der Waals surface area contributed by atoms with Crippen LogP contribution in [0.5, 0.6) is 0 Å². The Balaban J connectivity index is 1.48. The average molecular weight is 306 g/mol. The second-order valence-electron chi connectivity index (χ2n) is 5.78. The number of aliphatic hydroxyl groups excluding tert-OH is 1. The number of aromatic nitrogens is 1. The molecule has 0 aromatic carbocycles. The highest BCUT2D eigenvalue weighted by Gasteiger charge is 2.22. The molecule has 1 aliphatic rings. The summed E-state index contributed by atoms with van der Waals surface area (Å²) in [5.74, 6) is 2.22. The van der Waals surface area contributed by atoms with Gasteiger partial charge in [0.25, 0.3) is 0 Å². The molecule has 2 aromatic rings. The first-order chi connectivity index (χ1) is 10.2. The monoisotopic (exact) mass is 306 g/mol. The molecule has 2 heterocycles. The first kappa shape index (κ1) is 14.8. The van der Waals surface area contributed by atoms with Crippen molar-refractivity contribution in [2.45, 2.75) is 45.3 Å². The Morgan fingerprint density at radius 3 is 2.95 bits per heavy atom. The van der Waals surface area contributed by atoms with E-state index >= 15 is 0 Å². The molecule has 1 aliphatic carbocycles. The van der Waals surface area contributed by atoms with Gasteiger partial charge in [-0.25, -0.2) is 4.98 Å². The fourth-order valence-electron chi connectivity index (χ4n) is 2.90. The van der Waals surface area contributed by atoms with E-state index in [-0.39, 0.29) is 6.10 Å². The van der Waals surface area contributed by atoms with E-state index in [9.17, 15) is 5.11 Å². The van der Waals surface area contributed by atoms with Crippen LogP contribution in [0.4, 0.5) is 0 Å². The Morgan fingerprint density at radius 2 is 2.24 bits per heavy atom. The van der Waals surface area contributed by atoms with Crippen LogP contribution in [0, 0.1) is 12.8 Å². The number of furan rings is 1. The van der Waals surface area contributed by atoms with Gasteiger partial charge in [-0.15, -0.1) is 11.3 Å². The Labute approximate surface area is 129 Å². The molecule has 0 bridgehead atoms. The summed E-state index contributed by atoms with van der Waals surface area (Å²) in [6, 6.07) is 3.90. The highest BCUT2D eigenvalue weighted by atomic mass is 32.1. The van der Waals surface area contributed by atoms with Gasteiger partial charge in [0, 0.05) is 24.2 Å². The van der Waals surface area contributed by atoms with Gasteiger partial charge in [0.1, 0.15) is 5.76 Å². The summed E-state index contributed by atoms with van der Waals surface area (Å²) in [5.41, 5.74) is 0. The van der Waals surface area contributed by atoms with Gasteiger partial charge in [0.05, 0.1) is 6.10 Å². The van der Waals surface area contributed by atoms with Gasteiger partial charge in [-0.05, 0) is 37.8 Å². The van der Waals surface area contributed by atoms with Gasteiger partial charge >= 0.3 is 0 Å². The fourth-order valence-corrected chi connectivity index (χ4v) is 3.75. The third kappa shape index (κ3) is 3.73. The Kier molecular flexibility index (Phi) is 4.73. The molecule has 2 N–H and O–H groups in total. The standard InChI is InChI=1S/C16H22N2O2S/c1-11-6-7-15(20-11)16-18-9-13(21-16)8-17-10-14(19)12-4-2-3-5-12/h6-7,9,12,14,17,19H,2-5,8,10H2,1H3. The molecule has 1 saturated carbocycles. The van der Waals surface area contributed by atoms with Crippen LogP contribution in [-0.2, 0) is 6.54 Å². The van der Waals surface area contributed by atoms with Gasteiger partial charge in [0.15, 0.2) is 10.8 Å². The number of aryl methyl sites for hydroxylation is 1. The Hall–Kier alpha value is -1.17. The van der Waals surface area contributed by atoms with Crippen molar-refractivity contribution in [3.05, 3.63) is 29.0 Å². The average Bonchev–Trinajstić information content (AvgIpc) is 3.19. The summed E-state index contributed by atoms with van der Waals surface area (Å²) in [6.45, 7) is 3.35. The van der Waals surface area contributed by atoms with E-state index in [1.54, 1.807) is 11.3 Å². The summed E-state index contributed by atoms with van der Waals surface area (Å²) >= 11 is 1.63. The quantitative estimate of drug-likeness (QED) is 0.859. The van der Waals surface area contributed by atoms with Crippen LogP contribution in [0.2, 0.25) is 0 Å². The van der Waals surface area contributed by atoms with Gasteiger partial charge in [-0.2, -0.15) is 0 Å². The van der Waals surface area contributed by atoms with Gasteiger partial charge in [0.2, 0.25) is 0 Å². The molecule has 2 aromatic heterocycles. The minimum atomic E-state index is -0.215. The summed E-state index contributed by atoms with van der Waals surface area (Å²) in [6.07, 6.45) is 6.54. The lowest BCUT2D eigenvalue weighted by Gasteiger charge is -2.17. The van der Waals surface area contributed by atoms with Crippen molar-refractivity contribution in [3.63, 3.8) is 0 Å². The van der Waals surface area contributed by atoms with Crippen molar-refractivity contribution < 1.29 is 9.52 Å². The minimum Gasteiger partial charge on any atom is -0.459 e. The highest BCUT2D eigenvalue weighted by molar-refractivity contribution is 7.14. The lowest BCUT2D eigenvalue weighted by Crippen LogP contribution is -2.31. The zero-order chi connectivity index (χ0) is 14.7. The van der Waals surface area contributed by atoms with Crippen molar-refractivity contribution in [3.8, 4) is 10.8 Å². The molecule has 1 atom stereocenters. The molecule has 0 radical (unpaired) electrons. The lowest BCUT2D eigenvalue weighted by atomic mass is 10.0. The van der Waals surface area contributed by atoms with E-state index in [0.717, 1.165) is 28.0 Å². The Bertz CT molecular complexity index is 572. The van der Waals surface area contributed by atoms with Crippen molar-refractivity contribution in [2.75, 3.05) is 6.54 Å². The first-order valence-electron chi connectivity index (χ1n) is 7.62. The zero-order valence-electron chi connectivity index (χ0n) is 12.3. The Morgan fingerprint density at radius 1 is 1.43 bits per heavy atom. The van der Waals surface area contributed by atoms with E-state index in [0.29, 0.717) is 12.5 Å². The zero-order valence-corrected chi connectivity index (χ0v) is 13.2. The molecule has 5 heteroatoms. The van der Waals surface area contributed by atoms with E-state index in [1.165, 1.54) is 25.7 Å². The molecule has 21 heavy (non-hydrogen) atoms. The molecule has 0 spiro atoms. The molecule has 4 nitrogen and oxygen atoms in total. The molecule has 1 unspecified atom stereocenters. The number of hydrogen-bond donors (Lipinski definition) is 2. The van der Waals surface area contributed by atoms with E-state index in [1.807, 2.05) is 25.3 Å². The number of aliphatic hydroxyl groups is 1. The molecule has 0 aliphatic heterocycles. The number of rotatable bonds is 6. The van der Waals surface area contributed by atoms with Gasteiger partial charge in [-0.3, -0.25) is 0 Å². The lowest BCUT2D eigenvalue weighted by molar-refractivity contribution is 0.109. The summed E-state index contributed by atoms with van der Waals surface area (Å²) in [5, 5.41) is 14.4. The van der Waals surface area contributed by atoms with Crippen molar-refractivity contribution in [2.24, 2.45) is 5.92 Å². The smallest absolute Gasteiger partial charge is 0.162 e. The van der Waals surface area contributed by atoms with Crippen molar-refractivity contribution in [1.82, 2.24) is 10.3 Å². The molecule has 114 valence electrons. The van der Waals surface area contributed by atoms with E-state index in [4.69, 9.17) is 4.42 Å². The third-order valence-corrected chi connectivity index (χ3v) is 5.11. The minimum absolute atomic E-state index is 0.215. The molecular formula is C16H22N2O2S. The predicted molar refractivity (Wildman–Crippen MR) is 84.2 cm³/mol. The second kappa shape index (κ2) is 6.73. The molecule has 1 fully saturated rings. The van der Waals surface area contributed by atoms with Gasteiger partial charge < -0.3 is 14.8 Å². The first-order valence-corrected chi connectivity index (χ1v) is 8.44. The second-order valence-corrected chi connectivity index (χ2v) is 6.90. The van der Waals surface area contributed by atoms with E-state index < -0.39 is 0 Å². The fraction of sp³-hybridized carbons (Fsp3) is 0.562. The number of nitrogens with one attached hydrogen (secondary N) is 1. The van der Waals surface area contributed by atoms with E-state index in [2.05, 4.69) is 10.3 Å². The van der Waals surface area contributed by atoms with Crippen LogP contribution in [0.25, 0.3) is 10.8 Å². The van der Waals surface area contributed by atoms with Crippen LogP contribution in [0.1, 0.15) is 36.3 Å². The summed E-state index contributed by atoms with van der Waals surface area (Å²) in [4.78, 5) is 5.56. The van der Waals surface area contributed by atoms with Crippen molar-refractivity contribution in [1.29, 1.82) is 0 Å². The van der Waals surface area contributed by atoms with Crippen LogP contribution >= 0.6 is 11.3 Å². The van der Waals surface area contributed by atoms with Crippen LogP contribution in [0.3, 0.4) is 0 Å². The highest BCUT2D eigenvalue weighted by Crippen LogP contribution is 2.28. The molecule has 0 saturated heterocycles. The maximum atomic E-state index is 10.1. The maximum Gasteiger partial charge on any atom is 0.162 e. The normalized spacial score (nSPS) is 17.4. The maximum absolute atomic E-state index is 10.1. The SMILES string of the molecule is Cc1ccc(-c2ncc(CNCC(O)C3CCCC3)s2)o1. The summed E-state index contributed by atoms with van der Waals surface area (Å²) < 4.78 is 5.58. The van der Waals surface area contributed by atoms with Crippen LogP contribution in [-0.4, -0.2) is 22.7 Å². The van der Waals surface area contributed by atoms with Crippen LogP contribution < -0.4 is 5.32 Å². The van der Waals surface area contributed by atoms with Gasteiger partial charge in [-0.1, -0.05) is 12.8 Å². The number of thiazole rings is 1.